The zero-order valence-corrected chi connectivity index (χ0v) is 29.2. The van der Waals surface area contributed by atoms with Crippen LogP contribution < -0.4 is 4.90 Å². The summed E-state index contributed by atoms with van der Waals surface area (Å²) in [7, 11) is 0. The summed E-state index contributed by atoms with van der Waals surface area (Å²) in [5.41, 5.74) is 15.5. The van der Waals surface area contributed by atoms with Crippen molar-refractivity contribution in [1.82, 2.24) is 0 Å². The molecule has 0 N–H and O–H groups in total. The van der Waals surface area contributed by atoms with E-state index in [1.807, 2.05) is 0 Å². The van der Waals surface area contributed by atoms with Crippen LogP contribution in [-0.4, -0.2) is 0 Å². The molecule has 8 aromatic rings. The lowest BCUT2D eigenvalue weighted by atomic mass is 9.69. The smallest absolute Gasteiger partial charge is 0.0732 e. The number of hydrogen-bond donors (Lipinski definition) is 0. The minimum atomic E-state index is -0.468. The number of nitrogens with zero attached hydrogens (tertiary/aromatic N) is 1. The molecule has 1 nitrogen and oxygen atoms in total. The normalized spacial score (nSPS) is 15.4. The second-order valence-corrected chi connectivity index (χ2v) is 15.0. The molecule has 0 radical (unpaired) electrons. The fourth-order valence-corrected chi connectivity index (χ4v) is 10.3. The molecule has 3 aliphatic rings. The lowest BCUT2D eigenvalue weighted by Gasteiger charge is -2.33. The molecule has 11 rings (SSSR count). The first-order chi connectivity index (χ1) is 25.8. The molecular formula is C51H39N. The van der Waals surface area contributed by atoms with E-state index in [1.165, 1.54) is 121 Å². The largest absolute Gasteiger partial charge is 0.310 e. The van der Waals surface area contributed by atoms with Gasteiger partial charge in [-0.05, 0) is 115 Å². The molecule has 0 unspecified atom stereocenters. The molecule has 0 aliphatic heterocycles. The molecule has 1 fully saturated rings. The number of hydrogen-bond acceptors (Lipinski definition) is 1. The first-order valence-electron chi connectivity index (χ1n) is 19.1. The van der Waals surface area contributed by atoms with E-state index in [2.05, 4.69) is 175 Å². The van der Waals surface area contributed by atoms with Gasteiger partial charge in [0.25, 0.3) is 0 Å². The Balaban J connectivity index is 1.25. The average Bonchev–Trinajstić information content (AvgIpc) is 3.69. The van der Waals surface area contributed by atoms with Gasteiger partial charge in [0, 0.05) is 16.8 Å². The van der Waals surface area contributed by atoms with E-state index in [4.69, 9.17) is 0 Å². The predicted molar refractivity (Wildman–Crippen MR) is 218 cm³/mol. The highest BCUT2D eigenvalue weighted by atomic mass is 15.1. The molecule has 52 heavy (non-hydrogen) atoms. The summed E-state index contributed by atoms with van der Waals surface area (Å²) >= 11 is 0. The second-order valence-electron chi connectivity index (χ2n) is 15.0. The minimum absolute atomic E-state index is 0.468. The van der Waals surface area contributed by atoms with Crippen molar-refractivity contribution in [1.29, 1.82) is 0 Å². The number of fused-ring (bicyclic) bond motifs is 14. The van der Waals surface area contributed by atoms with Crippen LogP contribution in [0.5, 0.6) is 0 Å². The van der Waals surface area contributed by atoms with Crippen LogP contribution in [0.15, 0.2) is 170 Å². The molecule has 1 heteroatoms. The minimum Gasteiger partial charge on any atom is -0.310 e. The van der Waals surface area contributed by atoms with Crippen LogP contribution >= 0.6 is 0 Å². The standard InChI is InChI=1S/C51H39N/c1-3-15-34(16-4-1)35-27-30-38(31-28-35)52(37-18-5-2-6-19-37)48-33-47-49(43-24-10-9-23-42(43)48)44-32-29-36-17-7-8-20-39(36)50(44)51(47)45-25-13-11-21-40(45)41-22-12-14-26-46(41)51/h2,5-14,17-34H,1,3-4,15-16H2. The fraction of sp³-hybridized carbons (Fsp3) is 0.137. The zero-order valence-electron chi connectivity index (χ0n) is 29.2. The van der Waals surface area contributed by atoms with Crippen LogP contribution in [0.4, 0.5) is 17.1 Å². The molecule has 248 valence electrons. The molecule has 0 amide bonds. The van der Waals surface area contributed by atoms with Gasteiger partial charge in [-0.3, -0.25) is 0 Å². The van der Waals surface area contributed by atoms with Gasteiger partial charge in [-0.25, -0.2) is 0 Å². The summed E-state index contributed by atoms with van der Waals surface area (Å²) < 4.78 is 0. The molecule has 1 saturated carbocycles. The Hall–Kier alpha value is -5.92. The summed E-state index contributed by atoms with van der Waals surface area (Å²) in [6.07, 6.45) is 6.66. The monoisotopic (exact) mass is 665 g/mol. The van der Waals surface area contributed by atoms with Gasteiger partial charge in [-0.1, -0.05) is 159 Å². The number of para-hydroxylation sites is 1. The van der Waals surface area contributed by atoms with Gasteiger partial charge in [0.05, 0.1) is 11.1 Å². The van der Waals surface area contributed by atoms with Gasteiger partial charge in [0.2, 0.25) is 0 Å². The van der Waals surface area contributed by atoms with Gasteiger partial charge >= 0.3 is 0 Å². The number of rotatable bonds is 4. The third-order valence-corrected chi connectivity index (χ3v) is 12.4. The van der Waals surface area contributed by atoms with Crippen molar-refractivity contribution < 1.29 is 0 Å². The van der Waals surface area contributed by atoms with Gasteiger partial charge in [0.15, 0.2) is 0 Å². The maximum absolute atomic E-state index is 2.56. The first-order valence-corrected chi connectivity index (χ1v) is 19.1. The molecule has 0 bridgehead atoms. The number of benzene rings is 8. The third kappa shape index (κ3) is 4.11. The highest BCUT2D eigenvalue weighted by molar-refractivity contribution is 6.14. The van der Waals surface area contributed by atoms with E-state index in [1.54, 1.807) is 0 Å². The molecule has 8 aromatic carbocycles. The van der Waals surface area contributed by atoms with Crippen LogP contribution in [0, 0.1) is 0 Å². The Labute approximate surface area is 305 Å². The Morgan fingerprint density at radius 1 is 0.442 bits per heavy atom. The Morgan fingerprint density at radius 2 is 1.04 bits per heavy atom. The molecule has 0 saturated heterocycles. The van der Waals surface area contributed by atoms with Gasteiger partial charge < -0.3 is 4.90 Å². The quantitative estimate of drug-likeness (QED) is 0.181. The van der Waals surface area contributed by atoms with Crippen molar-refractivity contribution in [3.63, 3.8) is 0 Å². The highest BCUT2D eigenvalue weighted by Crippen LogP contribution is 2.66. The van der Waals surface area contributed by atoms with Crippen molar-refractivity contribution in [3.05, 3.63) is 198 Å². The molecule has 0 heterocycles. The van der Waals surface area contributed by atoms with Gasteiger partial charge in [-0.2, -0.15) is 0 Å². The van der Waals surface area contributed by atoms with Gasteiger partial charge in [0.1, 0.15) is 0 Å². The van der Waals surface area contributed by atoms with Crippen LogP contribution in [0.3, 0.4) is 0 Å². The summed E-state index contributed by atoms with van der Waals surface area (Å²) in [6, 6.07) is 64.3. The fourth-order valence-electron chi connectivity index (χ4n) is 10.3. The summed E-state index contributed by atoms with van der Waals surface area (Å²) in [4.78, 5) is 2.51. The maximum atomic E-state index is 2.56. The van der Waals surface area contributed by atoms with Crippen LogP contribution in [0.2, 0.25) is 0 Å². The van der Waals surface area contributed by atoms with Crippen LogP contribution in [0.25, 0.3) is 43.8 Å². The average molecular weight is 666 g/mol. The van der Waals surface area contributed by atoms with Crippen molar-refractivity contribution in [3.8, 4) is 22.3 Å². The molecule has 0 atom stereocenters. The van der Waals surface area contributed by atoms with Crippen LogP contribution in [-0.2, 0) is 5.41 Å². The summed E-state index contributed by atoms with van der Waals surface area (Å²) in [5.74, 6) is 0.671. The van der Waals surface area contributed by atoms with E-state index >= 15 is 0 Å². The Kier molecular flexibility index (Phi) is 6.61. The van der Waals surface area contributed by atoms with E-state index in [9.17, 15) is 0 Å². The van der Waals surface area contributed by atoms with Crippen molar-refractivity contribution in [2.45, 2.75) is 43.4 Å². The lowest BCUT2D eigenvalue weighted by molar-refractivity contribution is 0.443. The summed E-state index contributed by atoms with van der Waals surface area (Å²) in [6.45, 7) is 0. The lowest BCUT2D eigenvalue weighted by Crippen LogP contribution is -2.26. The Morgan fingerprint density at radius 3 is 1.77 bits per heavy atom. The van der Waals surface area contributed by atoms with E-state index in [0.29, 0.717) is 5.92 Å². The SMILES string of the molecule is c1ccc(N(c2ccc(C3CCCCC3)cc2)c2cc3c(c4ccccc24)-c2ccc4ccccc4c2C32c3ccccc3-c3ccccc32)cc1. The maximum Gasteiger partial charge on any atom is 0.0732 e. The van der Waals surface area contributed by atoms with E-state index < -0.39 is 5.41 Å². The van der Waals surface area contributed by atoms with E-state index in [-0.39, 0.29) is 0 Å². The molecule has 1 spiro atoms. The number of anilines is 3. The van der Waals surface area contributed by atoms with E-state index in [0.717, 1.165) is 0 Å². The third-order valence-electron chi connectivity index (χ3n) is 12.4. The van der Waals surface area contributed by atoms with Crippen molar-refractivity contribution in [2.75, 3.05) is 4.90 Å². The molecular weight excluding hydrogens is 627 g/mol. The van der Waals surface area contributed by atoms with Crippen molar-refractivity contribution >= 4 is 38.6 Å². The first kappa shape index (κ1) is 29.8. The highest BCUT2D eigenvalue weighted by Gasteiger charge is 2.53. The summed E-state index contributed by atoms with van der Waals surface area (Å²) in [5, 5.41) is 5.16. The van der Waals surface area contributed by atoms with Crippen molar-refractivity contribution in [2.24, 2.45) is 0 Å². The van der Waals surface area contributed by atoms with Gasteiger partial charge in [-0.15, -0.1) is 0 Å². The second kappa shape index (κ2) is 11.6. The predicted octanol–water partition coefficient (Wildman–Crippen LogP) is 13.9. The molecule has 3 aliphatic carbocycles. The topological polar surface area (TPSA) is 3.24 Å². The molecule has 0 aromatic heterocycles. The van der Waals surface area contributed by atoms with Crippen LogP contribution in [0.1, 0.15) is 65.8 Å². The Bertz CT molecular complexity index is 2620. The zero-order chi connectivity index (χ0) is 34.2.